The highest BCUT2D eigenvalue weighted by Crippen LogP contribution is 2.37. The minimum absolute atomic E-state index is 0.106. The summed E-state index contributed by atoms with van der Waals surface area (Å²) in [4.78, 5) is 0. The number of aliphatic hydroxyl groups excluding tert-OH is 3. The third-order valence-electron chi connectivity index (χ3n) is 4.78. The molecule has 0 saturated carbocycles. The Balaban J connectivity index is 2.00. The first kappa shape index (κ1) is 21.8. The smallest absolute Gasteiger partial charge is 0.119 e. The van der Waals surface area contributed by atoms with Gasteiger partial charge in [0, 0.05) is 11.8 Å². The van der Waals surface area contributed by atoms with Crippen LogP contribution >= 0.6 is 11.6 Å². The van der Waals surface area contributed by atoms with Gasteiger partial charge in [0.2, 0.25) is 0 Å². The van der Waals surface area contributed by atoms with E-state index in [0.717, 1.165) is 18.6 Å². The second-order valence-corrected chi connectivity index (χ2v) is 7.55. The molecule has 6 heteroatoms. The highest BCUT2D eigenvalue weighted by molar-refractivity contribution is 6.18. The van der Waals surface area contributed by atoms with Gasteiger partial charge in [-0.3, -0.25) is 0 Å². The summed E-state index contributed by atoms with van der Waals surface area (Å²) >= 11 is 5.57. The zero-order chi connectivity index (χ0) is 19.9. The molecular formula is C21H29ClO5. The fourth-order valence-corrected chi connectivity index (χ4v) is 2.99. The van der Waals surface area contributed by atoms with Crippen molar-refractivity contribution < 1.29 is 24.8 Å². The molecular weight excluding hydrogens is 368 g/mol. The molecule has 2 atom stereocenters. The summed E-state index contributed by atoms with van der Waals surface area (Å²) in [6.45, 7) is 4.35. The Hall–Kier alpha value is -1.53. The van der Waals surface area contributed by atoms with E-state index in [9.17, 15) is 10.2 Å². The van der Waals surface area contributed by atoms with Gasteiger partial charge in [0.25, 0.3) is 0 Å². The summed E-state index contributed by atoms with van der Waals surface area (Å²) in [6.07, 6.45) is 4.14. The number of halogens is 1. The van der Waals surface area contributed by atoms with Gasteiger partial charge in [0.15, 0.2) is 0 Å². The molecule has 0 saturated heterocycles. The van der Waals surface area contributed by atoms with Gasteiger partial charge in [-0.25, -0.2) is 0 Å². The fraction of sp³-hybridized carbons (Fsp3) is 0.524. The SMILES string of the molecule is CC(C)(C1=CC=C(OC[C@@H](O)CO)CC1)c1ccc(OC[C@@H](O)CCl)cc1. The predicted molar refractivity (Wildman–Crippen MR) is 106 cm³/mol. The first-order valence-electron chi connectivity index (χ1n) is 9.16. The van der Waals surface area contributed by atoms with E-state index in [1.165, 1.54) is 11.1 Å². The lowest BCUT2D eigenvalue weighted by Gasteiger charge is -2.31. The van der Waals surface area contributed by atoms with Gasteiger partial charge < -0.3 is 24.8 Å². The Kier molecular flexibility index (Phi) is 8.17. The fourth-order valence-electron chi connectivity index (χ4n) is 2.91. The van der Waals surface area contributed by atoms with Crippen molar-refractivity contribution in [1.29, 1.82) is 0 Å². The molecule has 0 heterocycles. The van der Waals surface area contributed by atoms with Crippen molar-refractivity contribution in [3.63, 3.8) is 0 Å². The Morgan fingerprint density at radius 1 is 1.00 bits per heavy atom. The van der Waals surface area contributed by atoms with Crippen molar-refractivity contribution in [1.82, 2.24) is 0 Å². The minimum atomic E-state index is -0.848. The molecule has 0 spiro atoms. The first-order valence-corrected chi connectivity index (χ1v) is 9.69. The molecule has 0 amide bonds. The number of benzene rings is 1. The largest absolute Gasteiger partial charge is 0.495 e. The molecule has 0 bridgehead atoms. The molecule has 0 radical (unpaired) electrons. The van der Waals surface area contributed by atoms with Crippen molar-refractivity contribution >= 4 is 11.6 Å². The van der Waals surface area contributed by atoms with Crippen LogP contribution in [-0.2, 0) is 10.2 Å². The zero-order valence-corrected chi connectivity index (χ0v) is 16.7. The van der Waals surface area contributed by atoms with Crippen LogP contribution in [0.2, 0.25) is 0 Å². The van der Waals surface area contributed by atoms with Crippen LogP contribution in [0.25, 0.3) is 0 Å². The molecule has 1 aliphatic carbocycles. The average Bonchev–Trinajstić information content (AvgIpc) is 2.70. The molecule has 0 aliphatic heterocycles. The Morgan fingerprint density at radius 2 is 1.67 bits per heavy atom. The quantitative estimate of drug-likeness (QED) is 0.530. The van der Waals surface area contributed by atoms with Crippen molar-refractivity contribution in [2.45, 2.75) is 44.3 Å². The lowest BCUT2D eigenvalue weighted by molar-refractivity contribution is 0.0281. The maximum atomic E-state index is 9.47. The van der Waals surface area contributed by atoms with Crippen molar-refractivity contribution in [3.8, 4) is 5.75 Å². The normalized spacial score (nSPS) is 17.0. The van der Waals surface area contributed by atoms with E-state index in [-0.39, 0.29) is 31.1 Å². The Labute approximate surface area is 165 Å². The average molecular weight is 397 g/mol. The molecule has 1 aliphatic rings. The highest BCUT2D eigenvalue weighted by Gasteiger charge is 2.27. The molecule has 1 aromatic carbocycles. The molecule has 0 fully saturated rings. The van der Waals surface area contributed by atoms with Crippen LogP contribution in [0.4, 0.5) is 0 Å². The summed E-state index contributed by atoms with van der Waals surface area (Å²) in [6, 6.07) is 7.89. The third kappa shape index (κ3) is 6.25. The Morgan fingerprint density at radius 3 is 2.22 bits per heavy atom. The number of aliphatic hydroxyl groups is 3. The maximum Gasteiger partial charge on any atom is 0.119 e. The summed E-state index contributed by atoms with van der Waals surface area (Å²) in [5.41, 5.74) is 2.33. The minimum Gasteiger partial charge on any atom is -0.495 e. The molecule has 150 valence electrons. The highest BCUT2D eigenvalue weighted by atomic mass is 35.5. The number of ether oxygens (including phenoxy) is 2. The second-order valence-electron chi connectivity index (χ2n) is 7.24. The maximum absolute atomic E-state index is 9.47. The lowest BCUT2D eigenvalue weighted by Crippen LogP contribution is -2.23. The van der Waals surface area contributed by atoms with E-state index in [4.69, 9.17) is 26.2 Å². The summed E-state index contributed by atoms with van der Waals surface area (Å²) in [7, 11) is 0. The summed E-state index contributed by atoms with van der Waals surface area (Å²) in [5.74, 6) is 1.68. The van der Waals surface area contributed by atoms with Crippen LogP contribution in [-0.4, -0.2) is 53.2 Å². The van der Waals surface area contributed by atoms with Crippen LogP contribution in [0.1, 0.15) is 32.3 Å². The summed E-state index contributed by atoms with van der Waals surface area (Å²) < 4.78 is 11.1. The third-order valence-corrected chi connectivity index (χ3v) is 5.14. The van der Waals surface area contributed by atoms with E-state index in [1.807, 2.05) is 30.3 Å². The van der Waals surface area contributed by atoms with Crippen molar-refractivity contribution in [2.24, 2.45) is 0 Å². The standard InChI is InChI=1S/C21H29ClO5/c1-21(2,15-3-7-19(8-4-15)26-13-17(24)11-22)16-5-9-20(10-6-16)27-14-18(25)12-23/h3-5,7-9,17-18,23-25H,6,10-14H2,1-2H3/t17-,18-/m0/s1. The van der Waals surface area contributed by atoms with Crippen LogP contribution < -0.4 is 4.74 Å². The lowest BCUT2D eigenvalue weighted by atomic mass is 9.74. The van der Waals surface area contributed by atoms with E-state index in [1.54, 1.807) is 0 Å². The van der Waals surface area contributed by atoms with Gasteiger partial charge in [-0.15, -0.1) is 11.6 Å². The van der Waals surface area contributed by atoms with Crippen LogP contribution in [0.5, 0.6) is 5.75 Å². The molecule has 5 nitrogen and oxygen atoms in total. The predicted octanol–water partition coefficient (Wildman–Crippen LogP) is 2.92. The van der Waals surface area contributed by atoms with E-state index >= 15 is 0 Å². The van der Waals surface area contributed by atoms with Crippen LogP contribution in [0.3, 0.4) is 0 Å². The number of hydrogen-bond acceptors (Lipinski definition) is 5. The van der Waals surface area contributed by atoms with Gasteiger partial charge in [0.05, 0.1) is 18.2 Å². The molecule has 2 rings (SSSR count). The molecule has 0 aromatic heterocycles. The number of alkyl halides is 1. The van der Waals surface area contributed by atoms with Crippen LogP contribution in [0.15, 0.2) is 47.7 Å². The van der Waals surface area contributed by atoms with E-state index < -0.39 is 12.2 Å². The van der Waals surface area contributed by atoms with E-state index in [0.29, 0.717) is 5.75 Å². The van der Waals surface area contributed by atoms with Gasteiger partial charge in [-0.1, -0.05) is 37.6 Å². The van der Waals surface area contributed by atoms with Gasteiger partial charge in [-0.2, -0.15) is 0 Å². The topological polar surface area (TPSA) is 79.2 Å². The number of allylic oxidation sites excluding steroid dienone is 4. The first-order chi connectivity index (χ1) is 12.9. The van der Waals surface area contributed by atoms with Crippen molar-refractivity contribution in [3.05, 3.63) is 53.3 Å². The monoisotopic (exact) mass is 396 g/mol. The molecule has 1 aromatic rings. The molecule has 0 unspecified atom stereocenters. The van der Waals surface area contributed by atoms with Gasteiger partial charge >= 0.3 is 0 Å². The summed E-state index contributed by atoms with van der Waals surface area (Å²) in [5, 5.41) is 27.7. The van der Waals surface area contributed by atoms with Gasteiger partial charge in [-0.05, 0) is 30.2 Å². The molecule has 3 N–H and O–H groups in total. The van der Waals surface area contributed by atoms with Crippen LogP contribution in [0, 0.1) is 0 Å². The van der Waals surface area contributed by atoms with E-state index in [2.05, 4.69) is 19.9 Å². The molecule has 27 heavy (non-hydrogen) atoms. The Bertz CT molecular complexity index is 651. The number of rotatable bonds is 10. The zero-order valence-electron chi connectivity index (χ0n) is 15.9. The van der Waals surface area contributed by atoms with Gasteiger partial charge in [0.1, 0.15) is 31.2 Å². The van der Waals surface area contributed by atoms with Crippen molar-refractivity contribution in [2.75, 3.05) is 25.7 Å². The number of hydrogen-bond donors (Lipinski definition) is 3. The second kappa shape index (κ2) is 10.1.